The van der Waals surface area contributed by atoms with Crippen molar-refractivity contribution in [1.29, 1.82) is 0 Å². The van der Waals surface area contributed by atoms with Crippen LogP contribution in [0.3, 0.4) is 0 Å². The van der Waals surface area contributed by atoms with Crippen LogP contribution in [0.25, 0.3) is 0 Å². The Kier molecular flexibility index (Phi) is 4.16. The van der Waals surface area contributed by atoms with Gasteiger partial charge < -0.3 is 0 Å². The van der Waals surface area contributed by atoms with Gasteiger partial charge in [0.1, 0.15) is 5.82 Å². The summed E-state index contributed by atoms with van der Waals surface area (Å²) in [5, 5.41) is 13.7. The molecule has 1 aliphatic heterocycles. The number of halogens is 1. The first kappa shape index (κ1) is 15.0. The van der Waals surface area contributed by atoms with E-state index in [4.69, 9.17) is 0 Å². The third-order valence-electron chi connectivity index (χ3n) is 3.80. The van der Waals surface area contributed by atoms with Crippen molar-refractivity contribution in [3.05, 3.63) is 41.5 Å². The normalized spacial score (nSPS) is 20.1. The van der Waals surface area contributed by atoms with E-state index in [0.717, 1.165) is 12.8 Å². The number of hydrogen-bond donors (Lipinski definition) is 1. The first-order valence-corrected chi connectivity index (χ1v) is 8.62. The molecule has 1 aromatic carbocycles. The maximum atomic E-state index is 13.7. The van der Waals surface area contributed by atoms with Gasteiger partial charge in [-0.3, -0.25) is 0 Å². The number of sulfonamides is 1. The third kappa shape index (κ3) is 3.14. The Morgan fingerprint density at radius 2 is 2.18 bits per heavy atom. The van der Waals surface area contributed by atoms with E-state index < -0.39 is 15.8 Å². The van der Waals surface area contributed by atoms with E-state index in [1.165, 1.54) is 16.4 Å². The minimum Gasteiger partial charge on any atom is -0.212 e. The molecule has 1 unspecified atom stereocenters. The second-order valence-electron chi connectivity index (χ2n) is 5.31. The van der Waals surface area contributed by atoms with Crippen LogP contribution in [-0.2, 0) is 15.8 Å². The molecule has 1 fully saturated rings. The number of hydrogen-bond acceptors (Lipinski definition) is 5. The highest BCUT2D eigenvalue weighted by molar-refractivity contribution is 7.88. The Hall–Kier alpha value is -1.87. The zero-order valence-electron chi connectivity index (χ0n) is 11.8. The largest absolute Gasteiger partial charge is 0.218 e. The Labute approximate surface area is 127 Å². The minimum atomic E-state index is -3.58. The van der Waals surface area contributed by atoms with Gasteiger partial charge in [-0.2, -0.15) is 5.21 Å². The fourth-order valence-corrected chi connectivity index (χ4v) is 4.28. The number of piperidine rings is 1. The van der Waals surface area contributed by atoms with Crippen molar-refractivity contribution in [2.24, 2.45) is 0 Å². The summed E-state index contributed by atoms with van der Waals surface area (Å²) in [5.74, 6) is -0.398. The summed E-state index contributed by atoms with van der Waals surface area (Å²) in [7, 11) is -3.58. The first-order valence-electron chi connectivity index (χ1n) is 7.01. The summed E-state index contributed by atoms with van der Waals surface area (Å²) in [6.45, 7) is 0.738. The summed E-state index contributed by atoms with van der Waals surface area (Å²) >= 11 is 0. The molecule has 22 heavy (non-hydrogen) atoms. The predicted octanol–water partition coefficient (Wildman–Crippen LogP) is 1.05. The van der Waals surface area contributed by atoms with Gasteiger partial charge >= 0.3 is 0 Å². The van der Waals surface area contributed by atoms with Crippen molar-refractivity contribution in [2.45, 2.75) is 24.5 Å². The van der Waals surface area contributed by atoms with E-state index >= 15 is 0 Å². The van der Waals surface area contributed by atoms with Crippen LogP contribution >= 0.6 is 0 Å². The summed E-state index contributed by atoms with van der Waals surface area (Å²) in [4.78, 5) is 0. The molecule has 3 rings (SSSR count). The number of aromatic amines is 1. The molecule has 7 nitrogen and oxygen atoms in total. The van der Waals surface area contributed by atoms with Gasteiger partial charge in [-0.25, -0.2) is 17.1 Å². The number of aromatic nitrogens is 4. The maximum Gasteiger partial charge on any atom is 0.218 e. The molecule has 1 N–H and O–H groups in total. The Bertz CT molecular complexity index is 735. The van der Waals surface area contributed by atoms with Gasteiger partial charge in [0.25, 0.3) is 0 Å². The van der Waals surface area contributed by atoms with Crippen LogP contribution in [-0.4, -0.2) is 46.4 Å². The van der Waals surface area contributed by atoms with Crippen molar-refractivity contribution in [3.8, 4) is 0 Å². The lowest BCUT2D eigenvalue weighted by Crippen LogP contribution is -2.40. The van der Waals surface area contributed by atoms with Crippen LogP contribution in [0, 0.1) is 5.82 Å². The van der Waals surface area contributed by atoms with Crippen molar-refractivity contribution >= 4 is 10.0 Å². The number of benzene rings is 1. The van der Waals surface area contributed by atoms with Crippen molar-refractivity contribution in [1.82, 2.24) is 24.9 Å². The smallest absolute Gasteiger partial charge is 0.212 e. The zero-order chi connectivity index (χ0) is 15.6. The Morgan fingerprint density at radius 1 is 1.36 bits per heavy atom. The molecule has 9 heteroatoms. The van der Waals surface area contributed by atoms with Crippen LogP contribution in [0.4, 0.5) is 4.39 Å². The fourth-order valence-electron chi connectivity index (χ4n) is 2.65. The van der Waals surface area contributed by atoms with Gasteiger partial charge in [-0.05, 0) is 18.9 Å². The van der Waals surface area contributed by atoms with Crippen LogP contribution in [0.1, 0.15) is 30.1 Å². The molecule has 1 aliphatic rings. The van der Waals surface area contributed by atoms with E-state index in [2.05, 4.69) is 20.6 Å². The molecule has 1 saturated heterocycles. The lowest BCUT2D eigenvalue weighted by atomic mass is 9.99. The Morgan fingerprint density at radius 3 is 2.91 bits per heavy atom. The lowest BCUT2D eigenvalue weighted by molar-refractivity contribution is 0.308. The molecule has 0 amide bonds. The first-order chi connectivity index (χ1) is 10.6. The molecule has 1 aromatic heterocycles. The van der Waals surface area contributed by atoms with Gasteiger partial charge in [0, 0.05) is 24.6 Å². The predicted molar refractivity (Wildman–Crippen MR) is 76.7 cm³/mol. The molecular weight excluding hydrogens is 309 g/mol. The number of nitrogens with zero attached hydrogens (tertiary/aromatic N) is 4. The molecule has 0 spiro atoms. The molecule has 0 saturated carbocycles. The Balaban J connectivity index is 1.76. The van der Waals surface area contributed by atoms with E-state index in [-0.39, 0.29) is 17.2 Å². The standard InChI is InChI=1S/C13H16FN5O2S/c14-12-6-2-1-4-11(12)9-22(20,21)19-7-3-5-10(8-19)13-15-17-18-16-13/h1-2,4,6,10H,3,5,7-9H2,(H,15,16,17,18). The highest BCUT2D eigenvalue weighted by atomic mass is 32.2. The second kappa shape index (κ2) is 6.09. The highest BCUT2D eigenvalue weighted by Crippen LogP contribution is 2.27. The van der Waals surface area contributed by atoms with Crippen molar-refractivity contribution in [3.63, 3.8) is 0 Å². The van der Waals surface area contributed by atoms with Crippen LogP contribution in [0.5, 0.6) is 0 Å². The zero-order valence-corrected chi connectivity index (χ0v) is 12.6. The number of rotatable bonds is 4. The SMILES string of the molecule is O=S(=O)(Cc1ccccc1F)N1CCCC(c2nn[nH]n2)C1. The maximum absolute atomic E-state index is 13.7. The summed E-state index contributed by atoms with van der Waals surface area (Å²) in [6.07, 6.45) is 1.53. The second-order valence-corrected chi connectivity index (χ2v) is 7.28. The molecule has 118 valence electrons. The lowest BCUT2D eigenvalue weighted by Gasteiger charge is -2.30. The van der Waals surface area contributed by atoms with Gasteiger partial charge in [0.15, 0.2) is 5.82 Å². The number of tetrazole rings is 1. The van der Waals surface area contributed by atoms with E-state index in [1.54, 1.807) is 12.1 Å². The highest BCUT2D eigenvalue weighted by Gasteiger charge is 2.31. The minimum absolute atomic E-state index is 0.0807. The van der Waals surface area contributed by atoms with E-state index in [9.17, 15) is 12.8 Å². The topological polar surface area (TPSA) is 91.8 Å². The molecule has 2 aromatic rings. The van der Waals surface area contributed by atoms with E-state index in [0.29, 0.717) is 18.9 Å². The monoisotopic (exact) mass is 325 g/mol. The van der Waals surface area contributed by atoms with Crippen molar-refractivity contribution < 1.29 is 12.8 Å². The molecule has 1 atom stereocenters. The van der Waals surface area contributed by atoms with Crippen LogP contribution in [0.2, 0.25) is 0 Å². The fraction of sp³-hybridized carbons (Fsp3) is 0.462. The van der Waals surface area contributed by atoms with Crippen LogP contribution in [0.15, 0.2) is 24.3 Å². The number of H-pyrrole nitrogens is 1. The summed E-state index contributed by atoms with van der Waals surface area (Å²) in [6, 6.07) is 5.93. The van der Waals surface area contributed by atoms with Gasteiger partial charge in [-0.1, -0.05) is 23.4 Å². The number of nitrogens with one attached hydrogen (secondary N) is 1. The third-order valence-corrected chi connectivity index (χ3v) is 5.59. The molecule has 2 heterocycles. The van der Waals surface area contributed by atoms with Gasteiger partial charge in [0.05, 0.1) is 5.75 Å². The van der Waals surface area contributed by atoms with Gasteiger partial charge in [-0.15, -0.1) is 10.2 Å². The van der Waals surface area contributed by atoms with Gasteiger partial charge in [0.2, 0.25) is 10.0 Å². The quantitative estimate of drug-likeness (QED) is 0.907. The molecule has 0 aliphatic carbocycles. The average Bonchev–Trinajstić information content (AvgIpc) is 3.04. The summed E-state index contributed by atoms with van der Waals surface area (Å²) in [5.41, 5.74) is 0.184. The van der Waals surface area contributed by atoms with Crippen LogP contribution < -0.4 is 0 Å². The molecular formula is C13H16FN5O2S. The molecule has 0 radical (unpaired) electrons. The average molecular weight is 325 g/mol. The van der Waals surface area contributed by atoms with E-state index in [1.807, 2.05) is 0 Å². The molecule has 0 bridgehead atoms. The summed E-state index contributed by atoms with van der Waals surface area (Å²) < 4.78 is 40.1. The van der Waals surface area contributed by atoms with Crippen molar-refractivity contribution in [2.75, 3.05) is 13.1 Å².